The molecule has 8 heteroatoms. The van der Waals surface area contributed by atoms with Gasteiger partial charge in [0.05, 0.1) is 12.6 Å². The third kappa shape index (κ3) is 4.97. The van der Waals surface area contributed by atoms with E-state index >= 15 is 0 Å². The second kappa shape index (κ2) is 9.79. The molecule has 2 aromatic heterocycles. The Hall–Kier alpha value is -3.26. The van der Waals surface area contributed by atoms with Gasteiger partial charge in [0.25, 0.3) is 5.91 Å². The maximum atomic E-state index is 12.2. The van der Waals surface area contributed by atoms with Crippen LogP contribution < -0.4 is 15.4 Å². The lowest BCUT2D eigenvalue weighted by molar-refractivity contribution is 0.0943. The molecule has 0 fully saturated rings. The topological polar surface area (TPSA) is 98.3 Å². The first-order valence-electron chi connectivity index (χ1n) is 9.50. The van der Waals surface area contributed by atoms with Crippen molar-refractivity contribution >= 4 is 28.4 Å². The number of ether oxygens (including phenoxy) is 2. The lowest BCUT2D eigenvalue weighted by atomic mass is 10.1. The van der Waals surface area contributed by atoms with Gasteiger partial charge in [-0.25, -0.2) is 15.0 Å². The normalized spacial score (nSPS) is 10.7. The molecule has 0 spiro atoms. The highest BCUT2D eigenvalue weighted by Crippen LogP contribution is 2.26. The Morgan fingerprint density at radius 3 is 2.76 bits per heavy atom. The van der Waals surface area contributed by atoms with Crippen molar-refractivity contribution in [3.8, 4) is 5.88 Å². The summed E-state index contributed by atoms with van der Waals surface area (Å²) >= 11 is 0. The number of amides is 1. The number of pyridine rings is 1. The number of hydrogen-bond acceptors (Lipinski definition) is 7. The third-order valence-corrected chi connectivity index (χ3v) is 4.42. The maximum Gasteiger partial charge on any atom is 0.270 e. The molecule has 0 aliphatic carbocycles. The van der Waals surface area contributed by atoms with Gasteiger partial charge in [0.15, 0.2) is 0 Å². The van der Waals surface area contributed by atoms with Crippen LogP contribution >= 0.6 is 0 Å². The summed E-state index contributed by atoms with van der Waals surface area (Å²) in [6.07, 6.45) is 3.40. The maximum absolute atomic E-state index is 12.2. The second-order valence-corrected chi connectivity index (χ2v) is 6.38. The van der Waals surface area contributed by atoms with Crippen LogP contribution in [0.4, 0.5) is 11.6 Å². The van der Waals surface area contributed by atoms with Crippen LogP contribution in [0.1, 0.15) is 29.4 Å². The Morgan fingerprint density at radius 1 is 1.14 bits per heavy atom. The van der Waals surface area contributed by atoms with Gasteiger partial charge >= 0.3 is 0 Å². The fourth-order valence-electron chi connectivity index (χ4n) is 2.91. The number of benzene rings is 1. The zero-order valence-corrected chi connectivity index (χ0v) is 16.9. The van der Waals surface area contributed by atoms with Crippen molar-refractivity contribution in [1.29, 1.82) is 0 Å². The van der Waals surface area contributed by atoms with Gasteiger partial charge in [-0.2, -0.15) is 0 Å². The van der Waals surface area contributed by atoms with E-state index in [1.165, 1.54) is 7.11 Å². The van der Waals surface area contributed by atoms with E-state index < -0.39 is 0 Å². The molecule has 29 heavy (non-hydrogen) atoms. The summed E-state index contributed by atoms with van der Waals surface area (Å²) in [5, 5.41) is 6.93. The highest BCUT2D eigenvalue weighted by molar-refractivity contribution is 5.93. The van der Waals surface area contributed by atoms with Gasteiger partial charge in [-0.1, -0.05) is 25.1 Å². The molecule has 0 unspecified atom stereocenters. The van der Waals surface area contributed by atoms with Crippen LogP contribution in [0, 0.1) is 0 Å². The van der Waals surface area contributed by atoms with Gasteiger partial charge in [0.2, 0.25) is 11.8 Å². The molecule has 0 saturated heterocycles. The number of aromatic nitrogens is 3. The first kappa shape index (κ1) is 20.5. The lowest BCUT2D eigenvalue weighted by Crippen LogP contribution is -2.26. The molecule has 1 aromatic carbocycles. The first-order chi connectivity index (χ1) is 14.2. The highest BCUT2D eigenvalue weighted by atomic mass is 16.5. The summed E-state index contributed by atoms with van der Waals surface area (Å²) in [5.41, 5.74) is 2.92. The quantitative estimate of drug-likeness (QED) is 0.537. The number of para-hydroxylation sites is 1. The molecule has 3 aromatic rings. The summed E-state index contributed by atoms with van der Waals surface area (Å²) in [6.45, 7) is 3.20. The number of hydrogen-bond donors (Lipinski definition) is 2. The molecule has 0 atom stereocenters. The summed E-state index contributed by atoms with van der Waals surface area (Å²) in [6, 6.07) is 9.41. The standard InChI is InChI=1S/C21H25N5O3/c1-4-14-7-5-8-15-13-23-21(26-18(14)15)25-17-10-9-16(24-20(17)29-3)19(27)22-11-6-12-28-2/h5,7-10,13H,4,6,11-12H2,1-3H3,(H,22,27)(H,23,25,26). The van der Waals surface area contributed by atoms with Crippen LogP contribution in [0.15, 0.2) is 36.5 Å². The number of carbonyl (C=O) groups excluding carboxylic acids is 1. The summed E-state index contributed by atoms with van der Waals surface area (Å²) in [5.74, 6) is 0.470. The zero-order valence-electron chi connectivity index (χ0n) is 16.9. The molecule has 0 aliphatic heterocycles. The van der Waals surface area contributed by atoms with Gasteiger partial charge in [0, 0.05) is 31.8 Å². The fourth-order valence-corrected chi connectivity index (χ4v) is 2.91. The van der Waals surface area contributed by atoms with Gasteiger partial charge < -0.3 is 20.1 Å². The van der Waals surface area contributed by atoms with Crippen molar-refractivity contribution in [2.75, 3.05) is 32.7 Å². The third-order valence-electron chi connectivity index (χ3n) is 4.42. The van der Waals surface area contributed by atoms with Gasteiger partial charge in [-0.05, 0) is 30.5 Å². The number of aryl methyl sites for hydroxylation is 1. The van der Waals surface area contributed by atoms with Crippen LogP contribution in [0.5, 0.6) is 5.88 Å². The molecule has 2 heterocycles. The van der Waals surface area contributed by atoms with Gasteiger partial charge in [0.1, 0.15) is 11.4 Å². The number of anilines is 2. The SMILES string of the molecule is CCc1cccc2cnc(Nc3ccc(C(=O)NCCCOC)nc3OC)nc12. The van der Waals surface area contributed by atoms with Crippen LogP contribution in [0.3, 0.4) is 0 Å². The predicted octanol–water partition coefficient (Wildman–Crippen LogP) is 3.11. The van der Waals surface area contributed by atoms with Crippen LogP contribution in [-0.2, 0) is 11.2 Å². The fraction of sp³-hybridized carbons (Fsp3) is 0.333. The minimum Gasteiger partial charge on any atom is -0.479 e. The molecular formula is C21H25N5O3. The van der Waals surface area contributed by atoms with E-state index in [1.54, 1.807) is 25.4 Å². The van der Waals surface area contributed by atoms with E-state index in [-0.39, 0.29) is 11.6 Å². The lowest BCUT2D eigenvalue weighted by Gasteiger charge is -2.12. The number of methoxy groups -OCH3 is 2. The average Bonchev–Trinajstić information content (AvgIpc) is 2.76. The Labute approximate surface area is 169 Å². The molecule has 0 aliphatic rings. The largest absolute Gasteiger partial charge is 0.479 e. The number of rotatable bonds is 9. The Kier molecular flexibility index (Phi) is 6.91. The molecule has 3 rings (SSSR count). The van der Waals surface area contributed by atoms with E-state index in [9.17, 15) is 4.79 Å². The molecule has 152 valence electrons. The van der Waals surface area contributed by atoms with E-state index in [1.807, 2.05) is 12.1 Å². The summed E-state index contributed by atoms with van der Waals surface area (Å²) in [4.78, 5) is 25.6. The van der Waals surface area contributed by atoms with Crippen LogP contribution in [-0.4, -0.2) is 48.2 Å². The Morgan fingerprint density at radius 2 is 2.00 bits per heavy atom. The average molecular weight is 395 g/mol. The smallest absolute Gasteiger partial charge is 0.270 e. The number of nitrogens with one attached hydrogen (secondary N) is 2. The van der Waals surface area contributed by atoms with E-state index in [4.69, 9.17) is 9.47 Å². The van der Waals surface area contributed by atoms with Crippen molar-refractivity contribution in [3.63, 3.8) is 0 Å². The molecule has 0 saturated carbocycles. The molecule has 0 radical (unpaired) electrons. The molecule has 1 amide bonds. The van der Waals surface area contributed by atoms with E-state index in [2.05, 4.69) is 38.6 Å². The molecule has 2 N–H and O–H groups in total. The van der Waals surface area contributed by atoms with Gasteiger partial charge in [-0.15, -0.1) is 0 Å². The second-order valence-electron chi connectivity index (χ2n) is 6.38. The molecular weight excluding hydrogens is 370 g/mol. The summed E-state index contributed by atoms with van der Waals surface area (Å²) < 4.78 is 10.3. The van der Waals surface area contributed by atoms with Crippen LogP contribution in [0.25, 0.3) is 10.9 Å². The van der Waals surface area contributed by atoms with Crippen LogP contribution in [0.2, 0.25) is 0 Å². The minimum absolute atomic E-state index is 0.263. The van der Waals surface area contributed by atoms with E-state index in [0.717, 1.165) is 29.3 Å². The minimum atomic E-state index is -0.263. The first-order valence-corrected chi connectivity index (χ1v) is 9.50. The summed E-state index contributed by atoms with van der Waals surface area (Å²) in [7, 11) is 3.13. The number of fused-ring (bicyclic) bond motifs is 1. The van der Waals surface area contributed by atoms with Crippen molar-refractivity contribution in [3.05, 3.63) is 47.8 Å². The van der Waals surface area contributed by atoms with Crippen molar-refractivity contribution in [1.82, 2.24) is 20.3 Å². The van der Waals surface area contributed by atoms with Crippen molar-refractivity contribution < 1.29 is 14.3 Å². The Bertz CT molecular complexity index is 993. The monoisotopic (exact) mass is 395 g/mol. The van der Waals surface area contributed by atoms with Crippen molar-refractivity contribution in [2.24, 2.45) is 0 Å². The number of nitrogens with zero attached hydrogens (tertiary/aromatic N) is 3. The Balaban J connectivity index is 1.79. The van der Waals surface area contributed by atoms with Crippen molar-refractivity contribution in [2.45, 2.75) is 19.8 Å². The number of carbonyl (C=O) groups is 1. The molecule has 0 bridgehead atoms. The van der Waals surface area contributed by atoms with E-state index in [0.29, 0.717) is 30.7 Å². The zero-order chi connectivity index (χ0) is 20.6. The predicted molar refractivity (Wildman–Crippen MR) is 112 cm³/mol. The van der Waals surface area contributed by atoms with Gasteiger partial charge in [-0.3, -0.25) is 4.79 Å². The molecule has 8 nitrogen and oxygen atoms in total. The highest BCUT2D eigenvalue weighted by Gasteiger charge is 2.13.